The van der Waals surface area contributed by atoms with Crippen molar-refractivity contribution in [2.45, 2.75) is 70.4 Å². The number of nitrogens with zero attached hydrogens (tertiary/aromatic N) is 1. The second-order valence-corrected chi connectivity index (χ2v) is 11.5. The van der Waals surface area contributed by atoms with Gasteiger partial charge in [-0.2, -0.15) is 0 Å². The highest BCUT2D eigenvalue weighted by Gasteiger charge is 2.29. The molecule has 1 aliphatic heterocycles. The van der Waals surface area contributed by atoms with Gasteiger partial charge in [-0.3, -0.25) is 9.69 Å². The predicted octanol–water partition coefficient (Wildman–Crippen LogP) is 6.95. The van der Waals surface area contributed by atoms with E-state index in [0.29, 0.717) is 24.6 Å². The van der Waals surface area contributed by atoms with Gasteiger partial charge in [0.25, 0.3) is 5.91 Å². The average Bonchev–Trinajstić information content (AvgIpc) is 3.04. The summed E-state index contributed by atoms with van der Waals surface area (Å²) in [4.78, 5) is 28.2. The Labute approximate surface area is 252 Å². The lowest BCUT2D eigenvalue weighted by Crippen LogP contribution is -2.49. The van der Waals surface area contributed by atoms with Gasteiger partial charge in [-0.05, 0) is 68.0 Å². The van der Waals surface area contributed by atoms with Gasteiger partial charge in [-0.25, -0.2) is 4.79 Å². The second-order valence-electron chi connectivity index (χ2n) is 11.5. The summed E-state index contributed by atoms with van der Waals surface area (Å²) in [6, 6.07) is 30.7. The number of likely N-dealkylation sites (tertiary alicyclic amines) is 1. The van der Waals surface area contributed by atoms with Crippen LogP contribution in [0.4, 0.5) is 4.79 Å². The number of rotatable bonds is 15. The lowest BCUT2D eigenvalue weighted by molar-refractivity contribution is 0.0944. The van der Waals surface area contributed by atoms with Gasteiger partial charge >= 0.3 is 6.03 Å². The molecule has 0 spiro atoms. The average molecular weight is 569 g/mol. The summed E-state index contributed by atoms with van der Waals surface area (Å²) < 4.78 is 0. The molecule has 0 aliphatic carbocycles. The number of hydrogen-bond donors (Lipinski definition) is 3. The first-order valence-electron chi connectivity index (χ1n) is 15.9. The summed E-state index contributed by atoms with van der Waals surface area (Å²) >= 11 is 0. The Hall–Kier alpha value is -3.64. The van der Waals surface area contributed by atoms with Crippen molar-refractivity contribution in [3.63, 3.8) is 0 Å². The molecule has 3 aromatic carbocycles. The highest BCUT2D eigenvalue weighted by Crippen LogP contribution is 2.33. The van der Waals surface area contributed by atoms with Crippen molar-refractivity contribution in [2.75, 3.05) is 26.2 Å². The minimum absolute atomic E-state index is 0.109. The minimum atomic E-state index is -0.143. The second kappa shape index (κ2) is 17.3. The fourth-order valence-electron chi connectivity index (χ4n) is 6.00. The van der Waals surface area contributed by atoms with E-state index in [1.807, 2.05) is 30.3 Å². The van der Waals surface area contributed by atoms with Gasteiger partial charge in [0.2, 0.25) is 0 Å². The van der Waals surface area contributed by atoms with E-state index >= 15 is 0 Å². The van der Waals surface area contributed by atoms with E-state index in [9.17, 15) is 9.59 Å². The number of carbonyl (C=O) groups excluding carboxylic acids is 2. The van der Waals surface area contributed by atoms with Crippen LogP contribution in [-0.4, -0.2) is 49.1 Å². The van der Waals surface area contributed by atoms with Crippen molar-refractivity contribution in [1.29, 1.82) is 0 Å². The monoisotopic (exact) mass is 568 g/mol. The summed E-state index contributed by atoms with van der Waals surface area (Å²) in [7, 11) is 0. The minimum Gasteiger partial charge on any atom is -0.350 e. The van der Waals surface area contributed by atoms with Gasteiger partial charge in [0.15, 0.2) is 0 Å². The molecule has 3 N–H and O–H groups in total. The molecule has 1 aliphatic rings. The van der Waals surface area contributed by atoms with Gasteiger partial charge in [0, 0.05) is 24.7 Å². The molecule has 6 heteroatoms. The topological polar surface area (TPSA) is 73.5 Å². The van der Waals surface area contributed by atoms with Crippen LogP contribution in [0.1, 0.15) is 85.8 Å². The Bertz CT molecular complexity index is 1140. The van der Waals surface area contributed by atoms with Crippen LogP contribution in [0.15, 0.2) is 91.0 Å². The van der Waals surface area contributed by atoms with Gasteiger partial charge in [-0.15, -0.1) is 0 Å². The molecular formula is C36H48N4O2. The Morgan fingerprint density at radius 1 is 0.762 bits per heavy atom. The predicted molar refractivity (Wildman–Crippen MR) is 171 cm³/mol. The maximum atomic E-state index is 12.8. The summed E-state index contributed by atoms with van der Waals surface area (Å²) in [6.07, 6.45) is 8.74. The highest BCUT2D eigenvalue weighted by atomic mass is 16.2. The number of hydrogen-bond acceptors (Lipinski definition) is 3. The van der Waals surface area contributed by atoms with Crippen LogP contribution < -0.4 is 16.0 Å². The third-order valence-corrected chi connectivity index (χ3v) is 8.31. The van der Waals surface area contributed by atoms with Crippen molar-refractivity contribution in [3.05, 3.63) is 108 Å². The Balaban J connectivity index is 1.34. The molecule has 1 saturated heterocycles. The first-order valence-corrected chi connectivity index (χ1v) is 15.9. The van der Waals surface area contributed by atoms with E-state index in [0.717, 1.165) is 45.2 Å². The van der Waals surface area contributed by atoms with Crippen LogP contribution >= 0.6 is 0 Å². The summed E-state index contributed by atoms with van der Waals surface area (Å²) in [5.41, 5.74) is 3.27. The zero-order chi connectivity index (χ0) is 29.4. The SMILES string of the molecule is CCCCCCCNC(=O)NC(CNC(=O)c1ccccc1)CC1CCN(C(c2ccccc2)c2ccccc2)CC1. The zero-order valence-electron chi connectivity index (χ0n) is 25.1. The van der Waals surface area contributed by atoms with Gasteiger partial charge in [0.05, 0.1) is 6.04 Å². The molecule has 1 unspecified atom stereocenters. The molecule has 4 rings (SSSR count). The molecule has 0 saturated carbocycles. The van der Waals surface area contributed by atoms with Crippen molar-refractivity contribution >= 4 is 11.9 Å². The van der Waals surface area contributed by atoms with Gasteiger partial charge < -0.3 is 16.0 Å². The van der Waals surface area contributed by atoms with Crippen LogP contribution in [0.2, 0.25) is 0 Å². The lowest BCUT2D eigenvalue weighted by atomic mass is 9.87. The van der Waals surface area contributed by atoms with Crippen LogP contribution in [0.25, 0.3) is 0 Å². The zero-order valence-corrected chi connectivity index (χ0v) is 25.1. The molecular weight excluding hydrogens is 520 g/mol. The van der Waals surface area contributed by atoms with E-state index in [1.54, 1.807) is 0 Å². The molecule has 224 valence electrons. The Kier molecular flexibility index (Phi) is 12.9. The smallest absolute Gasteiger partial charge is 0.315 e. The fraction of sp³-hybridized carbons (Fsp3) is 0.444. The fourth-order valence-corrected chi connectivity index (χ4v) is 6.00. The van der Waals surface area contributed by atoms with E-state index in [4.69, 9.17) is 0 Å². The summed E-state index contributed by atoms with van der Waals surface area (Å²) in [5, 5.41) is 9.28. The Morgan fingerprint density at radius 3 is 1.93 bits per heavy atom. The van der Waals surface area contributed by atoms with Crippen LogP contribution in [0.5, 0.6) is 0 Å². The van der Waals surface area contributed by atoms with Crippen molar-refractivity contribution in [1.82, 2.24) is 20.9 Å². The third kappa shape index (κ3) is 10.0. The summed E-state index contributed by atoms with van der Waals surface area (Å²) in [6.45, 7) is 5.28. The van der Waals surface area contributed by atoms with Crippen LogP contribution in [-0.2, 0) is 0 Å². The van der Waals surface area contributed by atoms with Crippen molar-refractivity contribution in [2.24, 2.45) is 5.92 Å². The number of benzene rings is 3. The van der Waals surface area contributed by atoms with Gasteiger partial charge in [0.1, 0.15) is 0 Å². The quantitative estimate of drug-likeness (QED) is 0.174. The van der Waals surface area contributed by atoms with Gasteiger partial charge in [-0.1, -0.05) is 111 Å². The van der Waals surface area contributed by atoms with E-state index in [-0.39, 0.29) is 24.0 Å². The molecule has 0 radical (unpaired) electrons. The van der Waals surface area contributed by atoms with Crippen molar-refractivity contribution < 1.29 is 9.59 Å². The van der Waals surface area contributed by atoms with Crippen LogP contribution in [0, 0.1) is 5.92 Å². The number of carbonyl (C=O) groups is 2. The molecule has 0 aromatic heterocycles. The maximum Gasteiger partial charge on any atom is 0.315 e. The molecule has 1 heterocycles. The third-order valence-electron chi connectivity index (χ3n) is 8.31. The number of piperidine rings is 1. The highest BCUT2D eigenvalue weighted by molar-refractivity contribution is 5.94. The molecule has 1 atom stereocenters. The van der Waals surface area contributed by atoms with E-state index < -0.39 is 0 Å². The first-order chi connectivity index (χ1) is 20.6. The van der Waals surface area contributed by atoms with Crippen LogP contribution in [0.3, 0.4) is 0 Å². The van der Waals surface area contributed by atoms with E-state index in [2.05, 4.69) is 88.4 Å². The largest absolute Gasteiger partial charge is 0.350 e. The molecule has 3 aromatic rings. The number of urea groups is 1. The maximum absolute atomic E-state index is 12.8. The first kappa shape index (κ1) is 31.3. The molecule has 0 bridgehead atoms. The molecule has 6 nitrogen and oxygen atoms in total. The standard InChI is InChI=1S/C36H48N4O2/c1-2-3-4-5-15-24-37-36(42)39-33(28-38-35(41)32-20-13-8-14-21-32)27-29-22-25-40(26-23-29)34(30-16-9-6-10-17-30)31-18-11-7-12-19-31/h6-14,16-21,29,33-34H,2-5,15,22-28H2,1H3,(H,38,41)(H2,37,39,42). The number of amides is 3. The summed E-state index contributed by atoms with van der Waals surface area (Å²) in [5.74, 6) is 0.364. The van der Waals surface area contributed by atoms with E-state index in [1.165, 1.54) is 30.4 Å². The number of unbranched alkanes of at least 4 members (excludes halogenated alkanes) is 4. The van der Waals surface area contributed by atoms with Crippen molar-refractivity contribution in [3.8, 4) is 0 Å². The number of nitrogens with one attached hydrogen (secondary N) is 3. The Morgan fingerprint density at radius 2 is 1.33 bits per heavy atom. The lowest BCUT2D eigenvalue weighted by Gasteiger charge is -2.39. The normalized spacial score (nSPS) is 14.8. The molecule has 42 heavy (non-hydrogen) atoms. The molecule has 3 amide bonds. The molecule has 1 fully saturated rings.